The summed E-state index contributed by atoms with van der Waals surface area (Å²) in [5.74, 6) is -1.56. The lowest BCUT2D eigenvalue weighted by Gasteiger charge is -2.30. The molecule has 1 unspecified atom stereocenters. The molecule has 3 heterocycles. The third-order valence-corrected chi connectivity index (χ3v) is 7.34. The summed E-state index contributed by atoms with van der Waals surface area (Å²) in [6.45, 7) is 2.04. The van der Waals surface area contributed by atoms with E-state index in [0.29, 0.717) is 16.8 Å². The van der Waals surface area contributed by atoms with Crippen LogP contribution < -0.4 is 9.80 Å². The lowest BCUT2D eigenvalue weighted by atomic mass is 9.94. The van der Waals surface area contributed by atoms with Crippen LogP contribution in [0.4, 0.5) is 11.4 Å². The number of hydrogen-bond donors (Lipinski definition) is 1. The van der Waals surface area contributed by atoms with Gasteiger partial charge in [-0.3, -0.25) is 19.5 Å². The second kappa shape index (κ2) is 9.54. The van der Waals surface area contributed by atoms with Crippen LogP contribution in [0.3, 0.4) is 0 Å². The molecule has 0 spiro atoms. The van der Waals surface area contributed by atoms with Gasteiger partial charge in [0.25, 0.3) is 11.7 Å². The van der Waals surface area contributed by atoms with Gasteiger partial charge in [-0.2, -0.15) is 0 Å². The van der Waals surface area contributed by atoms with Crippen LogP contribution >= 0.6 is 0 Å². The zero-order valence-corrected chi connectivity index (χ0v) is 20.4. The van der Waals surface area contributed by atoms with Crippen molar-refractivity contribution in [2.75, 3.05) is 22.9 Å². The van der Waals surface area contributed by atoms with Gasteiger partial charge in [0, 0.05) is 42.4 Å². The van der Waals surface area contributed by atoms with Crippen molar-refractivity contribution < 1.29 is 14.7 Å². The molecule has 0 bridgehead atoms. The molecule has 2 saturated heterocycles. The number of pyridine rings is 1. The molecule has 2 aliphatic rings. The third-order valence-electron chi connectivity index (χ3n) is 7.34. The van der Waals surface area contributed by atoms with Crippen LogP contribution in [0.5, 0.6) is 0 Å². The van der Waals surface area contributed by atoms with Crippen molar-refractivity contribution in [1.29, 1.82) is 0 Å². The highest BCUT2D eigenvalue weighted by Gasteiger charge is 2.47. The summed E-state index contributed by atoms with van der Waals surface area (Å²) in [5, 5.41) is 13.3. The maximum atomic E-state index is 13.5. The molecule has 2 aliphatic heterocycles. The number of carbonyl (C=O) groups excluding carboxylic acids is 2. The SMILES string of the molecule is O=C1C(=O)N(c2ccc(N3CCCCC3)cc2)C(c2cccnc2)/C1=C(/O)c1cccc2ccccc12. The summed E-state index contributed by atoms with van der Waals surface area (Å²) >= 11 is 0. The quantitative estimate of drug-likeness (QED) is 0.221. The second-order valence-corrected chi connectivity index (χ2v) is 9.55. The standard InChI is InChI=1S/C31H27N3O3/c35-29(26-12-6-9-21-8-2-3-11-25(21)26)27-28(22-10-7-17-32-20-22)34(31(37)30(27)36)24-15-13-23(14-16-24)33-18-4-1-5-19-33/h2-3,6-17,20,28,35H,1,4-5,18-19H2/b29-27-. The molecule has 0 aliphatic carbocycles. The number of piperidine rings is 1. The molecular weight excluding hydrogens is 462 g/mol. The molecule has 6 nitrogen and oxygen atoms in total. The van der Waals surface area contributed by atoms with Crippen LogP contribution in [0, 0.1) is 0 Å². The van der Waals surface area contributed by atoms with E-state index >= 15 is 0 Å². The van der Waals surface area contributed by atoms with Crippen LogP contribution in [-0.2, 0) is 9.59 Å². The largest absolute Gasteiger partial charge is 0.507 e. The van der Waals surface area contributed by atoms with Gasteiger partial charge in [0.1, 0.15) is 5.76 Å². The first-order chi connectivity index (χ1) is 18.1. The highest BCUT2D eigenvalue weighted by molar-refractivity contribution is 6.51. The number of anilines is 2. The molecule has 1 N–H and O–H groups in total. The van der Waals surface area contributed by atoms with Gasteiger partial charge in [-0.25, -0.2) is 0 Å². The first-order valence-electron chi connectivity index (χ1n) is 12.7. The minimum Gasteiger partial charge on any atom is -0.507 e. The van der Waals surface area contributed by atoms with Gasteiger partial charge in [0.15, 0.2) is 0 Å². The number of aromatic nitrogens is 1. The van der Waals surface area contributed by atoms with Crippen LogP contribution in [0.25, 0.3) is 16.5 Å². The number of ketones is 1. The van der Waals surface area contributed by atoms with E-state index in [4.69, 9.17) is 0 Å². The topological polar surface area (TPSA) is 73.7 Å². The first-order valence-corrected chi connectivity index (χ1v) is 12.7. The Morgan fingerprint density at radius 3 is 2.30 bits per heavy atom. The Bertz CT molecular complexity index is 1500. The summed E-state index contributed by atoms with van der Waals surface area (Å²) in [4.78, 5) is 35.1. The first kappa shape index (κ1) is 23.0. The molecule has 0 radical (unpaired) electrons. The van der Waals surface area contributed by atoms with Gasteiger partial charge in [-0.1, -0.05) is 48.5 Å². The van der Waals surface area contributed by atoms with Crippen molar-refractivity contribution >= 4 is 39.6 Å². The summed E-state index contributed by atoms with van der Waals surface area (Å²) in [5.41, 5.74) is 2.95. The molecule has 4 aromatic rings. The smallest absolute Gasteiger partial charge is 0.300 e. The summed E-state index contributed by atoms with van der Waals surface area (Å²) in [6.07, 6.45) is 6.88. The fraction of sp³-hybridized carbons (Fsp3) is 0.194. The Morgan fingerprint density at radius 1 is 0.811 bits per heavy atom. The molecule has 37 heavy (non-hydrogen) atoms. The van der Waals surface area contributed by atoms with E-state index in [-0.39, 0.29) is 11.3 Å². The predicted molar refractivity (Wildman–Crippen MR) is 145 cm³/mol. The van der Waals surface area contributed by atoms with Gasteiger partial charge in [-0.05, 0) is 65.9 Å². The van der Waals surface area contributed by atoms with E-state index in [2.05, 4.69) is 9.88 Å². The number of rotatable bonds is 4. The Kier molecular flexibility index (Phi) is 5.93. The number of nitrogens with zero attached hydrogens (tertiary/aromatic N) is 3. The average Bonchev–Trinajstić information content (AvgIpc) is 3.23. The van der Waals surface area contributed by atoms with Gasteiger partial charge in [-0.15, -0.1) is 0 Å². The minimum absolute atomic E-state index is 0.0643. The van der Waals surface area contributed by atoms with Gasteiger partial charge >= 0.3 is 0 Å². The highest BCUT2D eigenvalue weighted by atomic mass is 16.3. The maximum Gasteiger partial charge on any atom is 0.300 e. The molecule has 1 amide bonds. The van der Waals surface area contributed by atoms with Crippen molar-refractivity contribution in [2.45, 2.75) is 25.3 Å². The lowest BCUT2D eigenvalue weighted by Crippen LogP contribution is -2.30. The number of aliphatic hydroxyl groups is 1. The van der Waals surface area contributed by atoms with Gasteiger partial charge in [0.2, 0.25) is 0 Å². The molecule has 6 rings (SSSR count). The average molecular weight is 490 g/mol. The maximum absolute atomic E-state index is 13.5. The van der Waals surface area contributed by atoms with Crippen molar-refractivity contribution in [3.63, 3.8) is 0 Å². The van der Waals surface area contributed by atoms with Crippen molar-refractivity contribution in [1.82, 2.24) is 4.98 Å². The fourth-order valence-electron chi connectivity index (χ4n) is 5.51. The molecule has 1 aromatic heterocycles. The molecule has 1 atom stereocenters. The van der Waals surface area contributed by atoms with Gasteiger partial charge < -0.3 is 10.0 Å². The van der Waals surface area contributed by atoms with Crippen LogP contribution in [0.15, 0.2) is 96.8 Å². The number of aliphatic hydroxyl groups excluding tert-OH is 1. The van der Waals surface area contributed by atoms with Crippen molar-refractivity contribution in [2.24, 2.45) is 0 Å². The number of Topliss-reactive ketones (excluding diaryl/α,β-unsaturated/α-hetero) is 1. The normalized spacial score (nSPS) is 19.5. The van der Waals surface area contributed by atoms with E-state index in [1.165, 1.54) is 24.2 Å². The summed E-state index contributed by atoms with van der Waals surface area (Å²) in [6, 6.07) is 23.8. The number of hydrogen-bond acceptors (Lipinski definition) is 5. The number of benzene rings is 3. The van der Waals surface area contributed by atoms with E-state index < -0.39 is 17.7 Å². The second-order valence-electron chi connectivity index (χ2n) is 9.55. The van der Waals surface area contributed by atoms with Crippen molar-refractivity contribution in [3.05, 3.63) is 108 Å². The molecule has 0 saturated carbocycles. The van der Waals surface area contributed by atoms with Crippen LogP contribution in [0.2, 0.25) is 0 Å². The van der Waals surface area contributed by atoms with E-state index in [1.807, 2.05) is 66.7 Å². The Morgan fingerprint density at radius 2 is 1.54 bits per heavy atom. The summed E-state index contributed by atoms with van der Waals surface area (Å²) < 4.78 is 0. The molecule has 2 fully saturated rings. The summed E-state index contributed by atoms with van der Waals surface area (Å²) in [7, 11) is 0. The van der Waals surface area contributed by atoms with Gasteiger partial charge in [0.05, 0.1) is 11.6 Å². The van der Waals surface area contributed by atoms with Crippen LogP contribution in [-0.4, -0.2) is 34.9 Å². The number of carbonyl (C=O) groups is 2. The van der Waals surface area contributed by atoms with E-state index in [0.717, 1.165) is 29.5 Å². The van der Waals surface area contributed by atoms with E-state index in [9.17, 15) is 14.7 Å². The zero-order chi connectivity index (χ0) is 25.4. The number of fused-ring (bicyclic) bond motifs is 1. The molecule has 3 aromatic carbocycles. The minimum atomic E-state index is -0.798. The Labute approximate surface area is 215 Å². The Balaban J connectivity index is 1.48. The molecular formula is C31H27N3O3. The third kappa shape index (κ3) is 4.04. The fourth-order valence-corrected chi connectivity index (χ4v) is 5.51. The van der Waals surface area contributed by atoms with Crippen LogP contribution in [0.1, 0.15) is 36.4 Å². The zero-order valence-electron chi connectivity index (χ0n) is 20.4. The monoisotopic (exact) mass is 489 g/mol. The number of amides is 1. The van der Waals surface area contributed by atoms with Crippen molar-refractivity contribution in [3.8, 4) is 0 Å². The van der Waals surface area contributed by atoms with E-state index in [1.54, 1.807) is 24.5 Å². The Hall–Kier alpha value is -4.45. The predicted octanol–water partition coefficient (Wildman–Crippen LogP) is 5.85. The lowest BCUT2D eigenvalue weighted by molar-refractivity contribution is -0.132. The molecule has 6 heteroatoms. The molecule has 184 valence electrons. The highest BCUT2D eigenvalue weighted by Crippen LogP contribution is 2.43.